The van der Waals surface area contributed by atoms with Gasteiger partial charge < -0.3 is 0 Å². The molecular formula is C16H17N3. The largest absolute Gasteiger partial charge is 0.263 e. The zero-order valence-corrected chi connectivity index (χ0v) is 11.2. The molecule has 1 aromatic heterocycles. The van der Waals surface area contributed by atoms with Gasteiger partial charge in [-0.25, -0.2) is 4.98 Å². The molecule has 0 radical (unpaired) electrons. The molecule has 3 heteroatoms. The minimum atomic E-state index is 0.363. The average Bonchev–Trinajstić information content (AvgIpc) is 2.87. The Morgan fingerprint density at radius 3 is 2.58 bits per heavy atom. The van der Waals surface area contributed by atoms with E-state index in [1.807, 2.05) is 0 Å². The quantitative estimate of drug-likeness (QED) is 0.771. The van der Waals surface area contributed by atoms with E-state index in [1.165, 1.54) is 16.3 Å². The molecule has 0 aliphatic carbocycles. The van der Waals surface area contributed by atoms with E-state index in [9.17, 15) is 0 Å². The summed E-state index contributed by atoms with van der Waals surface area (Å²) in [7, 11) is 0. The van der Waals surface area contributed by atoms with E-state index in [0.717, 1.165) is 18.1 Å². The Kier molecular flexibility index (Phi) is 3.03. The summed E-state index contributed by atoms with van der Waals surface area (Å²) in [6, 6.07) is 14.9. The van der Waals surface area contributed by atoms with Crippen molar-refractivity contribution in [3.05, 3.63) is 59.7 Å². The number of hydrogen-bond acceptors (Lipinski definition) is 2. The van der Waals surface area contributed by atoms with Crippen molar-refractivity contribution < 1.29 is 0 Å². The number of nitrogens with zero attached hydrogens (tertiary/aromatic N) is 2. The lowest BCUT2D eigenvalue weighted by Gasteiger charge is -2.01. The number of rotatable bonds is 3. The average molecular weight is 251 g/mol. The molecule has 0 unspecified atom stereocenters. The Balaban J connectivity index is 1.87. The van der Waals surface area contributed by atoms with Crippen LogP contribution in [-0.4, -0.2) is 15.2 Å². The molecule has 0 aliphatic rings. The molecule has 0 atom stereocenters. The monoisotopic (exact) mass is 251 g/mol. The molecule has 0 saturated heterocycles. The summed E-state index contributed by atoms with van der Waals surface area (Å²) in [5, 5.41) is 9.80. The minimum absolute atomic E-state index is 0.363. The molecule has 0 bridgehead atoms. The maximum Gasteiger partial charge on any atom is 0.153 e. The van der Waals surface area contributed by atoms with Crippen molar-refractivity contribution >= 4 is 10.8 Å². The van der Waals surface area contributed by atoms with E-state index in [0.29, 0.717) is 5.92 Å². The number of H-pyrrole nitrogens is 1. The fourth-order valence-corrected chi connectivity index (χ4v) is 2.19. The van der Waals surface area contributed by atoms with Crippen LogP contribution in [0.2, 0.25) is 0 Å². The van der Waals surface area contributed by atoms with Crippen LogP contribution >= 0.6 is 0 Å². The van der Waals surface area contributed by atoms with Gasteiger partial charge in [0.2, 0.25) is 0 Å². The molecule has 1 N–H and O–H groups in total. The summed E-state index contributed by atoms with van der Waals surface area (Å²) in [5.74, 6) is 2.18. The zero-order valence-electron chi connectivity index (χ0n) is 11.2. The number of aromatic amines is 1. The van der Waals surface area contributed by atoms with Crippen molar-refractivity contribution in [2.45, 2.75) is 26.2 Å². The first kappa shape index (κ1) is 11.9. The van der Waals surface area contributed by atoms with Gasteiger partial charge in [0.05, 0.1) is 0 Å². The lowest BCUT2D eigenvalue weighted by molar-refractivity contribution is 0.780. The van der Waals surface area contributed by atoms with E-state index in [-0.39, 0.29) is 0 Å². The Bertz CT molecular complexity index is 698. The van der Waals surface area contributed by atoms with Crippen LogP contribution in [0.3, 0.4) is 0 Å². The molecule has 0 amide bonds. The van der Waals surface area contributed by atoms with Crippen molar-refractivity contribution in [3.63, 3.8) is 0 Å². The molecule has 3 rings (SSSR count). The van der Waals surface area contributed by atoms with Gasteiger partial charge in [0.25, 0.3) is 0 Å². The third kappa shape index (κ3) is 2.50. The highest BCUT2D eigenvalue weighted by Crippen LogP contribution is 2.17. The highest BCUT2D eigenvalue weighted by Gasteiger charge is 2.07. The maximum atomic E-state index is 4.52. The standard InChI is InChI=1S/C16H17N3/c1-11(2)16-17-15(18-19-16)10-12-7-8-13-5-3-4-6-14(13)9-12/h3-9,11H,10H2,1-2H3,(H,17,18,19). The molecule has 19 heavy (non-hydrogen) atoms. The van der Waals surface area contributed by atoms with Crippen molar-refractivity contribution in [1.29, 1.82) is 0 Å². The van der Waals surface area contributed by atoms with Crippen molar-refractivity contribution in [3.8, 4) is 0 Å². The molecule has 0 aliphatic heterocycles. The first-order valence-corrected chi connectivity index (χ1v) is 6.61. The van der Waals surface area contributed by atoms with Crippen LogP contribution in [0.25, 0.3) is 10.8 Å². The molecule has 3 nitrogen and oxygen atoms in total. The fourth-order valence-electron chi connectivity index (χ4n) is 2.19. The van der Waals surface area contributed by atoms with Crippen LogP contribution in [0.4, 0.5) is 0 Å². The SMILES string of the molecule is CC(C)c1n[nH]c(Cc2ccc3ccccc3c2)n1. The van der Waals surface area contributed by atoms with Gasteiger partial charge in [-0.05, 0) is 16.3 Å². The molecule has 0 saturated carbocycles. The predicted octanol–water partition coefficient (Wildman–Crippen LogP) is 3.67. The van der Waals surface area contributed by atoms with Crippen LogP contribution in [0, 0.1) is 0 Å². The van der Waals surface area contributed by atoms with Gasteiger partial charge in [-0.2, -0.15) is 5.10 Å². The molecule has 2 aromatic carbocycles. The normalized spacial score (nSPS) is 11.3. The van der Waals surface area contributed by atoms with Gasteiger partial charge in [0, 0.05) is 12.3 Å². The van der Waals surface area contributed by atoms with E-state index in [4.69, 9.17) is 0 Å². The summed E-state index contributed by atoms with van der Waals surface area (Å²) in [6.07, 6.45) is 0.796. The smallest absolute Gasteiger partial charge is 0.153 e. The highest BCUT2D eigenvalue weighted by atomic mass is 15.2. The fraction of sp³-hybridized carbons (Fsp3) is 0.250. The first-order chi connectivity index (χ1) is 9.22. The van der Waals surface area contributed by atoms with Gasteiger partial charge >= 0.3 is 0 Å². The Morgan fingerprint density at radius 2 is 1.84 bits per heavy atom. The topological polar surface area (TPSA) is 41.6 Å². The summed E-state index contributed by atoms with van der Waals surface area (Å²) in [5.41, 5.74) is 1.25. The maximum absolute atomic E-state index is 4.52. The number of benzene rings is 2. The molecule has 0 spiro atoms. The van der Waals surface area contributed by atoms with Gasteiger partial charge in [0.1, 0.15) is 5.82 Å². The number of fused-ring (bicyclic) bond motifs is 1. The Labute approximate surface area is 112 Å². The van der Waals surface area contributed by atoms with Gasteiger partial charge in [0.15, 0.2) is 5.82 Å². The van der Waals surface area contributed by atoms with Gasteiger partial charge in [-0.15, -0.1) is 0 Å². The van der Waals surface area contributed by atoms with Crippen LogP contribution in [-0.2, 0) is 6.42 Å². The molecule has 3 aromatic rings. The third-order valence-corrected chi connectivity index (χ3v) is 3.25. The van der Waals surface area contributed by atoms with Crippen LogP contribution < -0.4 is 0 Å². The predicted molar refractivity (Wildman–Crippen MR) is 77.2 cm³/mol. The Hall–Kier alpha value is -2.16. The van der Waals surface area contributed by atoms with E-state index in [2.05, 4.69) is 71.5 Å². The summed E-state index contributed by atoms with van der Waals surface area (Å²) < 4.78 is 0. The second-order valence-corrected chi connectivity index (χ2v) is 5.15. The number of nitrogens with one attached hydrogen (secondary N) is 1. The summed E-state index contributed by atoms with van der Waals surface area (Å²) >= 11 is 0. The zero-order chi connectivity index (χ0) is 13.2. The van der Waals surface area contributed by atoms with Gasteiger partial charge in [-0.3, -0.25) is 5.10 Å². The lowest BCUT2D eigenvalue weighted by atomic mass is 10.1. The minimum Gasteiger partial charge on any atom is -0.263 e. The van der Waals surface area contributed by atoms with E-state index in [1.54, 1.807) is 0 Å². The van der Waals surface area contributed by atoms with Crippen molar-refractivity contribution in [2.24, 2.45) is 0 Å². The first-order valence-electron chi connectivity index (χ1n) is 6.61. The number of aromatic nitrogens is 3. The van der Waals surface area contributed by atoms with Gasteiger partial charge in [-0.1, -0.05) is 56.3 Å². The van der Waals surface area contributed by atoms with Crippen molar-refractivity contribution in [2.75, 3.05) is 0 Å². The second kappa shape index (κ2) is 4.84. The third-order valence-electron chi connectivity index (χ3n) is 3.25. The summed E-state index contributed by atoms with van der Waals surface area (Å²) in [6.45, 7) is 4.20. The molecule has 96 valence electrons. The van der Waals surface area contributed by atoms with Crippen LogP contribution in [0.1, 0.15) is 37.0 Å². The van der Waals surface area contributed by atoms with E-state index >= 15 is 0 Å². The van der Waals surface area contributed by atoms with Crippen molar-refractivity contribution in [1.82, 2.24) is 15.2 Å². The van der Waals surface area contributed by atoms with Crippen LogP contribution in [0.15, 0.2) is 42.5 Å². The van der Waals surface area contributed by atoms with Crippen LogP contribution in [0.5, 0.6) is 0 Å². The summed E-state index contributed by atoms with van der Waals surface area (Å²) in [4.78, 5) is 4.52. The van der Waals surface area contributed by atoms with E-state index < -0.39 is 0 Å². The number of hydrogen-bond donors (Lipinski definition) is 1. The molecular weight excluding hydrogens is 234 g/mol. The second-order valence-electron chi connectivity index (χ2n) is 5.15. The lowest BCUT2D eigenvalue weighted by Crippen LogP contribution is -1.92. The highest BCUT2D eigenvalue weighted by molar-refractivity contribution is 5.83. The Morgan fingerprint density at radius 1 is 1.05 bits per heavy atom. The molecule has 1 heterocycles. The molecule has 0 fully saturated rings.